The summed E-state index contributed by atoms with van der Waals surface area (Å²) < 4.78 is 26.5. The zero-order valence-electron chi connectivity index (χ0n) is 14.0. The van der Waals surface area contributed by atoms with E-state index in [1.165, 1.54) is 0 Å². The second kappa shape index (κ2) is 10.6. The fourth-order valence-electron chi connectivity index (χ4n) is 1.88. The van der Waals surface area contributed by atoms with Gasteiger partial charge in [-0.2, -0.15) is 0 Å². The van der Waals surface area contributed by atoms with Crippen molar-refractivity contribution in [3.63, 3.8) is 0 Å². The molecule has 0 atom stereocenters. The van der Waals surface area contributed by atoms with Gasteiger partial charge in [0.25, 0.3) is 0 Å². The summed E-state index contributed by atoms with van der Waals surface area (Å²) in [5, 5.41) is 3.18. The molecule has 0 aromatic rings. The van der Waals surface area contributed by atoms with Crippen LogP contribution in [0.3, 0.4) is 0 Å². The van der Waals surface area contributed by atoms with Crippen LogP contribution in [0.4, 0.5) is 0 Å². The molecule has 0 rings (SSSR count). The van der Waals surface area contributed by atoms with Gasteiger partial charge < -0.3 is 5.32 Å². The highest BCUT2D eigenvalue weighted by atomic mass is 32.2. The maximum atomic E-state index is 12.4. The number of nitrogens with zero attached hydrogens (tertiary/aromatic N) is 1. The van der Waals surface area contributed by atoms with Gasteiger partial charge in [-0.3, -0.25) is 0 Å². The average molecular weight is 307 g/mol. The molecule has 0 aliphatic carbocycles. The van der Waals surface area contributed by atoms with E-state index in [0.29, 0.717) is 31.3 Å². The van der Waals surface area contributed by atoms with Crippen molar-refractivity contribution in [1.82, 2.24) is 9.62 Å². The molecule has 0 fully saturated rings. The van der Waals surface area contributed by atoms with E-state index in [0.717, 1.165) is 25.9 Å². The lowest BCUT2D eigenvalue weighted by Gasteiger charge is -2.24. The number of hydrogen-bond donors (Lipinski definition) is 1. The maximum absolute atomic E-state index is 12.4. The zero-order chi connectivity index (χ0) is 15.6. The van der Waals surface area contributed by atoms with Gasteiger partial charge in [0.2, 0.25) is 10.0 Å². The van der Waals surface area contributed by atoms with Crippen LogP contribution >= 0.6 is 0 Å². The lowest BCUT2D eigenvalue weighted by molar-refractivity contribution is 0.356. The van der Waals surface area contributed by atoms with Crippen molar-refractivity contribution in [3.8, 4) is 0 Å². The summed E-state index contributed by atoms with van der Waals surface area (Å²) in [4.78, 5) is 0. The van der Waals surface area contributed by atoms with E-state index >= 15 is 0 Å². The van der Waals surface area contributed by atoms with E-state index in [9.17, 15) is 8.42 Å². The van der Waals surface area contributed by atoms with Crippen molar-refractivity contribution in [1.29, 1.82) is 0 Å². The molecule has 0 heterocycles. The summed E-state index contributed by atoms with van der Waals surface area (Å²) in [5.74, 6) is 1.33. The van der Waals surface area contributed by atoms with Crippen LogP contribution in [0, 0.1) is 11.8 Å². The third-order valence-electron chi connectivity index (χ3n) is 3.31. The first-order valence-electron chi connectivity index (χ1n) is 7.98. The van der Waals surface area contributed by atoms with E-state index in [2.05, 4.69) is 33.0 Å². The first-order valence-corrected chi connectivity index (χ1v) is 9.59. The van der Waals surface area contributed by atoms with Gasteiger partial charge in [0.05, 0.1) is 5.75 Å². The highest BCUT2D eigenvalue weighted by Crippen LogP contribution is 2.12. The summed E-state index contributed by atoms with van der Waals surface area (Å²) in [7, 11) is -3.10. The van der Waals surface area contributed by atoms with Crippen LogP contribution in [-0.2, 0) is 10.0 Å². The fraction of sp³-hybridized carbons (Fsp3) is 1.00. The molecule has 0 saturated heterocycles. The molecule has 0 bridgehead atoms. The van der Waals surface area contributed by atoms with Gasteiger partial charge in [-0.1, -0.05) is 34.6 Å². The Hall–Kier alpha value is -0.130. The molecule has 122 valence electrons. The molecule has 1 N–H and O–H groups in total. The SMILES string of the molecule is CCNCCCS(=O)(=O)N(CCC(C)C)CCC(C)C. The largest absolute Gasteiger partial charge is 0.317 e. The van der Waals surface area contributed by atoms with Gasteiger partial charge in [0, 0.05) is 13.1 Å². The smallest absolute Gasteiger partial charge is 0.214 e. The van der Waals surface area contributed by atoms with Crippen molar-refractivity contribution >= 4 is 10.0 Å². The number of nitrogens with one attached hydrogen (secondary N) is 1. The second-order valence-corrected chi connectivity index (χ2v) is 8.38. The quantitative estimate of drug-likeness (QED) is 0.564. The highest BCUT2D eigenvalue weighted by molar-refractivity contribution is 7.89. The Labute approximate surface area is 126 Å². The Morgan fingerprint density at radius 3 is 1.90 bits per heavy atom. The minimum atomic E-state index is -3.10. The minimum Gasteiger partial charge on any atom is -0.317 e. The predicted molar refractivity (Wildman–Crippen MR) is 87.4 cm³/mol. The molecule has 5 heteroatoms. The van der Waals surface area contributed by atoms with Gasteiger partial charge in [0.15, 0.2) is 0 Å². The zero-order valence-corrected chi connectivity index (χ0v) is 14.8. The van der Waals surface area contributed by atoms with Crippen LogP contribution in [0.15, 0.2) is 0 Å². The Morgan fingerprint density at radius 2 is 1.50 bits per heavy atom. The van der Waals surface area contributed by atoms with Crippen LogP contribution in [0.2, 0.25) is 0 Å². The number of sulfonamides is 1. The van der Waals surface area contributed by atoms with Crippen LogP contribution in [0.5, 0.6) is 0 Å². The van der Waals surface area contributed by atoms with E-state index < -0.39 is 10.0 Å². The van der Waals surface area contributed by atoms with Crippen LogP contribution < -0.4 is 5.32 Å². The summed E-state index contributed by atoms with van der Waals surface area (Å²) in [6.45, 7) is 13.6. The molecule has 0 radical (unpaired) electrons. The van der Waals surface area contributed by atoms with Gasteiger partial charge >= 0.3 is 0 Å². The Bertz CT molecular complexity index is 315. The topological polar surface area (TPSA) is 49.4 Å². The van der Waals surface area contributed by atoms with Gasteiger partial charge in [-0.25, -0.2) is 12.7 Å². The number of hydrogen-bond acceptors (Lipinski definition) is 3. The Kier molecular flexibility index (Phi) is 10.5. The first kappa shape index (κ1) is 19.9. The van der Waals surface area contributed by atoms with Gasteiger partial charge in [-0.15, -0.1) is 0 Å². The average Bonchev–Trinajstić information content (AvgIpc) is 2.33. The summed E-state index contributed by atoms with van der Waals surface area (Å²) in [5.41, 5.74) is 0. The van der Waals surface area contributed by atoms with E-state index in [1.807, 2.05) is 6.92 Å². The normalized spacial score (nSPS) is 12.8. The van der Waals surface area contributed by atoms with E-state index in [4.69, 9.17) is 0 Å². The molecule has 0 aromatic heterocycles. The molecule has 0 aliphatic rings. The summed E-state index contributed by atoms with van der Waals surface area (Å²) in [6, 6.07) is 0. The monoisotopic (exact) mass is 306 g/mol. The van der Waals surface area contributed by atoms with Gasteiger partial charge in [-0.05, 0) is 44.2 Å². The molecule has 0 saturated carbocycles. The highest BCUT2D eigenvalue weighted by Gasteiger charge is 2.21. The predicted octanol–water partition coefficient (Wildman–Crippen LogP) is 2.71. The van der Waals surface area contributed by atoms with Crippen LogP contribution in [0.25, 0.3) is 0 Å². The maximum Gasteiger partial charge on any atom is 0.214 e. The molecular formula is C15H34N2O2S. The minimum absolute atomic E-state index is 0.260. The third-order valence-corrected chi connectivity index (χ3v) is 5.27. The second-order valence-electron chi connectivity index (χ2n) is 6.29. The third kappa shape index (κ3) is 9.72. The molecule has 0 amide bonds. The molecule has 0 spiro atoms. The lowest BCUT2D eigenvalue weighted by Crippen LogP contribution is -2.36. The van der Waals surface area contributed by atoms with Crippen molar-refractivity contribution in [3.05, 3.63) is 0 Å². The molecule has 20 heavy (non-hydrogen) atoms. The molecular weight excluding hydrogens is 272 g/mol. The van der Waals surface area contributed by atoms with Crippen LogP contribution in [-0.4, -0.2) is 44.7 Å². The molecule has 4 nitrogen and oxygen atoms in total. The van der Waals surface area contributed by atoms with Crippen molar-refractivity contribution in [2.75, 3.05) is 31.9 Å². The number of rotatable bonds is 12. The molecule has 0 aromatic carbocycles. The molecule has 0 unspecified atom stereocenters. The summed E-state index contributed by atoms with van der Waals surface area (Å²) >= 11 is 0. The van der Waals surface area contributed by atoms with Crippen LogP contribution in [0.1, 0.15) is 53.9 Å². The van der Waals surface area contributed by atoms with Crippen molar-refractivity contribution in [2.45, 2.75) is 53.9 Å². The Balaban J connectivity index is 4.45. The standard InChI is InChI=1S/C15H34N2O2S/c1-6-16-10-7-13-20(18,19)17(11-8-14(2)3)12-9-15(4)5/h14-16H,6-13H2,1-5H3. The lowest BCUT2D eigenvalue weighted by atomic mass is 10.1. The fourth-order valence-corrected chi connectivity index (χ4v) is 3.41. The van der Waals surface area contributed by atoms with E-state index in [-0.39, 0.29) is 5.75 Å². The van der Waals surface area contributed by atoms with Gasteiger partial charge in [0.1, 0.15) is 0 Å². The summed E-state index contributed by atoms with van der Waals surface area (Å²) in [6.07, 6.45) is 2.56. The first-order chi connectivity index (χ1) is 9.29. The van der Waals surface area contributed by atoms with E-state index in [1.54, 1.807) is 4.31 Å². The Morgan fingerprint density at radius 1 is 1.00 bits per heavy atom. The molecule has 0 aliphatic heterocycles. The van der Waals surface area contributed by atoms with Crippen molar-refractivity contribution in [2.24, 2.45) is 11.8 Å². The van der Waals surface area contributed by atoms with Crippen molar-refractivity contribution < 1.29 is 8.42 Å².